The summed E-state index contributed by atoms with van der Waals surface area (Å²) in [7, 11) is 0. The van der Waals surface area contributed by atoms with Crippen LogP contribution in [-0.2, 0) is 0 Å². The quantitative estimate of drug-likeness (QED) is 0.689. The summed E-state index contributed by atoms with van der Waals surface area (Å²) < 4.78 is 0. The highest BCUT2D eigenvalue weighted by molar-refractivity contribution is 5.26. The molecule has 98 valence electrons. The van der Waals surface area contributed by atoms with Crippen LogP contribution in [0.3, 0.4) is 0 Å². The molecule has 1 fully saturated rings. The first-order valence-electron chi connectivity index (χ1n) is 6.86. The van der Waals surface area contributed by atoms with Crippen LogP contribution >= 0.6 is 0 Å². The lowest BCUT2D eigenvalue weighted by Crippen LogP contribution is -2.35. The van der Waals surface area contributed by atoms with Gasteiger partial charge in [-0.3, -0.25) is 0 Å². The molecule has 2 N–H and O–H groups in total. The fourth-order valence-electron chi connectivity index (χ4n) is 3.84. The molecule has 2 atom stereocenters. The van der Waals surface area contributed by atoms with Crippen LogP contribution in [0.15, 0.2) is 11.6 Å². The number of hydrogen-bond acceptors (Lipinski definition) is 2. The molecule has 2 nitrogen and oxygen atoms in total. The molecular weight excluding hydrogens is 212 g/mol. The third kappa shape index (κ3) is 2.30. The normalized spacial score (nSPS) is 41.4. The Morgan fingerprint density at radius 1 is 1.12 bits per heavy atom. The number of aliphatic hydroxyl groups excluding tert-OH is 1. The molecule has 0 heterocycles. The Bertz CT molecular complexity index is 332. The van der Waals surface area contributed by atoms with Gasteiger partial charge in [0.2, 0.25) is 0 Å². The van der Waals surface area contributed by atoms with Crippen molar-refractivity contribution >= 4 is 0 Å². The second-order valence-corrected chi connectivity index (χ2v) is 7.00. The lowest BCUT2D eigenvalue weighted by atomic mass is 9.59. The van der Waals surface area contributed by atoms with Crippen molar-refractivity contribution in [2.45, 2.75) is 64.9 Å². The lowest BCUT2D eigenvalue weighted by molar-refractivity contribution is -0.0237. The topological polar surface area (TPSA) is 40.5 Å². The summed E-state index contributed by atoms with van der Waals surface area (Å²) in [6.45, 7) is 6.86. The summed E-state index contributed by atoms with van der Waals surface area (Å²) in [6, 6.07) is 0. The summed E-state index contributed by atoms with van der Waals surface area (Å²) in [5, 5.41) is 19.6. The minimum atomic E-state index is -0.885. The van der Waals surface area contributed by atoms with Gasteiger partial charge in [-0.25, -0.2) is 0 Å². The van der Waals surface area contributed by atoms with Gasteiger partial charge in [-0.15, -0.1) is 0 Å². The summed E-state index contributed by atoms with van der Waals surface area (Å²) in [5.74, 6) is 0. The zero-order valence-corrected chi connectivity index (χ0v) is 11.4. The van der Waals surface area contributed by atoms with Crippen LogP contribution in [-0.4, -0.2) is 22.4 Å². The molecule has 1 saturated carbocycles. The van der Waals surface area contributed by atoms with Gasteiger partial charge in [0.1, 0.15) is 0 Å². The average molecular weight is 238 g/mol. The zero-order chi connectivity index (χ0) is 12.7. The first kappa shape index (κ1) is 13.1. The molecule has 0 spiro atoms. The zero-order valence-electron chi connectivity index (χ0n) is 11.4. The van der Waals surface area contributed by atoms with Gasteiger partial charge >= 0.3 is 0 Å². The average Bonchev–Trinajstić information content (AvgIpc) is 2.38. The second kappa shape index (κ2) is 4.10. The van der Waals surface area contributed by atoms with E-state index in [1.54, 1.807) is 0 Å². The predicted molar refractivity (Wildman–Crippen MR) is 69.7 cm³/mol. The molecule has 2 heteroatoms. The first-order chi connectivity index (χ1) is 7.81. The number of aliphatic hydroxyl groups is 2. The van der Waals surface area contributed by atoms with E-state index in [4.69, 9.17) is 0 Å². The molecule has 0 bridgehead atoms. The number of hydrogen-bond donors (Lipinski definition) is 2. The molecular formula is C15H26O2. The molecule has 0 amide bonds. The third-order valence-corrected chi connectivity index (χ3v) is 5.03. The van der Waals surface area contributed by atoms with Crippen molar-refractivity contribution in [2.24, 2.45) is 10.8 Å². The van der Waals surface area contributed by atoms with Crippen LogP contribution in [0.1, 0.15) is 59.3 Å². The fraction of sp³-hybridized carbons (Fsp3) is 0.867. The van der Waals surface area contributed by atoms with E-state index in [0.29, 0.717) is 6.42 Å². The predicted octanol–water partition coefficient (Wildman–Crippen LogP) is 3.04. The minimum Gasteiger partial charge on any atom is -0.393 e. The maximum Gasteiger partial charge on any atom is 0.0912 e. The molecule has 2 rings (SSSR count). The maximum atomic E-state index is 10.3. The van der Waals surface area contributed by atoms with Crippen molar-refractivity contribution < 1.29 is 10.2 Å². The summed E-state index contributed by atoms with van der Waals surface area (Å²) in [6.07, 6.45) is 8.30. The standard InChI is InChI=1S/C15H26O2/c1-13(2)6-4-7-14(3)9-10-15(17,11-16)8-5-12(13)14/h5,16-17H,4,6-11H2,1-3H3/t14-,15+/m0/s1. The Morgan fingerprint density at radius 2 is 1.82 bits per heavy atom. The van der Waals surface area contributed by atoms with E-state index in [1.165, 1.54) is 24.8 Å². The number of allylic oxidation sites excluding steroid dienone is 1. The van der Waals surface area contributed by atoms with Gasteiger partial charge in [0.15, 0.2) is 0 Å². The molecule has 0 aliphatic heterocycles. The molecule has 0 aromatic heterocycles. The van der Waals surface area contributed by atoms with Crippen molar-refractivity contribution in [3.05, 3.63) is 11.6 Å². The van der Waals surface area contributed by atoms with Crippen molar-refractivity contribution in [2.75, 3.05) is 6.61 Å². The summed E-state index contributed by atoms with van der Waals surface area (Å²) in [4.78, 5) is 0. The van der Waals surface area contributed by atoms with Gasteiger partial charge in [-0.2, -0.15) is 0 Å². The Morgan fingerprint density at radius 3 is 2.47 bits per heavy atom. The van der Waals surface area contributed by atoms with Gasteiger partial charge < -0.3 is 10.2 Å². The molecule has 2 aliphatic rings. The van der Waals surface area contributed by atoms with Gasteiger partial charge in [-0.05, 0) is 42.9 Å². The first-order valence-corrected chi connectivity index (χ1v) is 6.86. The minimum absolute atomic E-state index is 0.118. The highest BCUT2D eigenvalue weighted by atomic mass is 16.3. The van der Waals surface area contributed by atoms with Crippen LogP contribution in [0.5, 0.6) is 0 Å². The number of fused-ring (bicyclic) bond motifs is 1. The molecule has 2 aliphatic carbocycles. The molecule has 0 unspecified atom stereocenters. The van der Waals surface area contributed by atoms with Gasteiger partial charge in [0, 0.05) is 0 Å². The number of rotatable bonds is 1. The second-order valence-electron chi connectivity index (χ2n) is 7.00. The van der Waals surface area contributed by atoms with E-state index >= 15 is 0 Å². The van der Waals surface area contributed by atoms with Crippen molar-refractivity contribution in [3.8, 4) is 0 Å². The Hall–Kier alpha value is -0.340. The van der Waals surface area contributed by atoms with Crippen LogP contribution in [0.4, 0.5) is 0 Å². The lowest BCUT2D eigenvalue weighted by Gasteiger charge is -2.46. The summed E-state index contributed by atoms with van der Waals surface area (Å²) >= 11 is 0. The molecule has 0 radical (unpaired) electrons. The largest absolute Gasteiger partial charge is 0.393 e. The maximum absolute atomic E-state index is 10.3. The Labute approximate surface area is 105 Å². The van der Waals surface area contributed by atoms with Gasteiger partial charge in [-0.1, -0.05) is 38.8 Å². The van der Waals surface area contributed by atoms with E-state index in [1.807, 2.05) is 0 Å². The van der Waals surface area contributed by atoms with E-state index in [-0.39, 0.29) is 17.4 Å². The Balaban J connectivity index is 2.34. The summed E-state index contributed by atoms with van der Waals surface area (Å²) in [5.41, 5.74) is 1.12. The van der Waals surface area contributed by atoms with Crippen LogP contribution < -0.4 is 0 Å². The highest BCUT2D eigenvalue weighted by Crippen LogP contribution is 2.55. The van der Waals surface area contributed by atoms with Gasteiger partial charge in [0.25, 0.3) is 0 Å². The van der Waals surface area contributed by atoms with E-state index in [9.17, 15) is 10.2 Å². The van der Waals surface area contributed by atoms with Crippen molar-refractivity contribution in [1.29, 1.82) is 0 Å². The van der Waals surface area contributed by atoms with E-state index < -0.39 is 5.60 Å². The Kier molecular flexibility index (Phi) is 3.16. The molecule has 17 heavy (non-hydrogen) atoms. The van der Waals surface area contributed by atoms with Crippen LogP contribution in [0, 0.1) is 10.8 Å². The van der Waals surface area contributed by atoms with E-state index in [0.717, 1.165) is 12.8 Å². The fourth-order valence-corrected chi connectivity index (χ4v) is 3.84. The molecule has 0 aromatic rings. The van der Waals surface area contributed by atoms with Crippen molar-refractivity contribution in [1.82, 2.24) is 0 Å². The monoisotopic (exact) mass is 238 g/mol. The van der Waals surface area contributed by atoms with Crippen LogP contribution in [0.2, 0.25) is 0 Å². The van der Waals surface area contributed by atoms with E-state index in [2.05, 4.69) is 26.8 Å². The molecule has 0 saturated heterocycles. The smallest absolute Gasteiger partial charge is 0.0912 e. The highest BCUT2D eigenvalue weighted by Gasteiger charge is 2.44. The SMILES string of the molecule is CC1(C)CCC[C@@]2(C)CC[C@@](O)(CO)CC=C12. The van der Waals surface area contributed by atoms with Crippen molar-refractivity contribution in [3.63, 3.8) is 0 Å². The molecule has 0 aromatic carbocycles. The van der Waals surface area contributed by atoms with Crippen LogP contribution in [0.25, 0.3) is 0 Å². The third-order valence-electron chi connectivity index (χ3n) is 5.03. The van der Waals surface area contributed by atoms with Gasteiger partial charge in [0.05, 0.1) is 12.2 Å².